The Labute approximate surface area is 212 Å². The van der Waals surface area contributed by atoms with Gasteiger partial charge in [0, 0.05) is 5.39 Å². The maximum Gasteiger partial charge on any atom is 0.785 e. The summed E-state index contributed by atoms with van der Waals surface area (Å²) >= 11 is 0. The van der Waals surface area contributed by atoms with Gasteiger partial charge in [-0.3, -0.25) is 0 Å². The van der Waals surface area contributed by atoms with Crippen LogP contribution >= 0.6 is 0 Å². The first-order chi connectivity index (χ1) is 18.8. The highest BCUT2D eigenvalue weighted by Crippen LogP contribution is 2.43. The predicted molar refractivity (Wildman–Crippen MR) is 114 cm³/mol. The lowest BCUT2D eigenvalue weighted by Gasteiger charge is -2.18. The molecule has 3 nitrogen and oxygen atoms in total. The first-order valence-electron chi connectivity index (χ1n) is 10.5. The second-order valence-electron chi connectivity index (χ2n) is 8.03. The van der Waals surface area contributed by atoms with Gasteiger partial charge in [0.15, 0.2) is 52.3 Å². The van der Waals surface area contributed by atoms with Crippen molar-refractivity contribution in [3.8, 4) is 11.5 Å². The molecule has 0 aromatic heterocycles. The van der Waals surface area contributed by atoms with Crippen molar-refractivity contribution in [2.45, 2.75) is 0 Å². The predicted octanol–water partition coefficient (Wildman–Crippen LogP) is 7.25. The number of hydrogen-bond acceptors (Lipinski definition) is 3. The lowest BCUT2D eigenvalue weighted by Crippen LogP contribution is -2.30. The van der Waals surface area contributed by atoms with Crippen LogP contribution in [0.1, 0.15) is 0 Å². The van der Waals surface area contributed by atoms with Crippen LogP contribution < -0.4 is 9.31 Å². The van der Waals surface area contributed by atoms with Gasteiger partial charge in [-0.25, -0.2) is 48.3 Å². The Morgan fingerprint density at radius 1 is 0.425 bits per heavy atom. The molecule has 0 saturated carbocycles. The van der Waals surface area contributed by atoms with Crippen LogP contribution in [0.4, 0.5) is 52.7 Å². The number of benzene rings is 5. The zero-order valence-electron chi connectivity index (χ0n) is 18.7. The summed E-state index contributed by atoms with van der Waals surface area (Å²) in [6.07, 6.45) is 0. The fourth-order valence-electron chi connectivity index (χ4n) is 4.11. The second kappa shape index (κ2) is 9.40. The average Bonchev–Trinajstić information content (AvgIpc) is 2.91. The van der Waals surface area contributed by atoms with E-state index in [1.165, 1.54) is 0 Å². The van der Waals surface area contributed by atoms with Gasteiger partial charge >= 0.3 is 7.32 Å². The Morgan fingerprint density at radius 3 is 1.48 bits per heavy atom. The topological polar surface area (TPSA) is 38.7 Å². The van der Waals surface area contributed by atoms with Gasteiger partial charge in [-0.15, -0.1) is 0 Å². The van der Waals surface area contributed by atoms with Crippen molar-refractivity contribution in [1.29, 1.82) is 0 Å². The molecule has 0 radical (unpaired) electrons. The minimum absolute atomic E-state index is 0.526. The molecule has 16 heteroatoms. The van der Waals surface area contributed by atoms with Gasteiger partial charge in [-0.05, 0) is 24.3 Å². The van der Waals surface area contributed by atoms with E-state index in [1.54, 1.807) is 0 Å². The minimum Gasteiger partial charge on any atom is -0.500 e. The zero-order valence-corrected chi connectivity index (χ0v) is 18.7. The fourth-order valence-corrected chi connectivity index (χ4v) is 4.11. The molecule has 0 heterocycles. The van der Waals surface area contributed by atoms with E-state index < -0.39 is 121 Å². The van der Waals surface area contributed by atoms with Crippen LogP contribution in [-0.2, 0) is 0 Å². The van der Waals surface area contributed by atoms with E-state index in [1.807, 2.05) is 0 Å². The summed E-state index contributed by atoms with van der Waals surface area (Å²) in [6.45, 7) is 0. The highest BCUT2D eigenvalue weighted by molar-refractivity contribution is 6.37. The van der Waals surface area contributed by atoms with Crippen LogP contribution in [0, 0.1) is 69.8 Å². The summed E-state index contributed by atoms with van der Waals surface area (Å²) in [5, 5.41) is 0.834. The van der Waals surface area contributed by atoms with Gasteiger partial charge in [0.05, 0.1) is 26.9 Å². The van der Waals surface area contributed by atoms with E-state index in [2.05, 4.69) is 4.65 Å². The minimum atomic E-state index is -2.92. The number of fused-ring (bicyclic) bond motifs is 3. The van der Waals surface area contributed by atoms with Crippen molar-refractivity contribution < 1.29 is 67.0 Å². The lowest BCUT2D eigenvalue weighted by atomic mass is 9.98. The summed E-state index contributed by atoms with van der Waals surface area (Å²) in [5.74, 6) is -29.8. The van der Waals surface area contributed by atoms with Gasteiger partial charge in [-0.1, -0.05) is 0 Å². The van der Waals surface area contributed by atoms with E-state index in [-0.39, 0.29) is 0 Å². The molecule has 0 saturated heterocycles. The molecule has 5 rings (SSSR count). The molecule has 0 aliphatic carbocycles. The molecule has 40 heavy (non-hydrogen) atoms. The second-order valence-corrected chi connectivity index (χ2v) is 8.03. The number of hydrogen-bond donors (Lipinski definition) is 1. The Kier molecular flexibility index (Phi) is 6.40. The van der Waals surface area contributed by atoms with E-state index in [4.69, 9.17) is 4.65 Å². The van der Waals surface area contributed by atoms with E-state index >= 15 is 8.78 Å². The number of rotatable bonds is 4. The van der Waals surface area contributed by atoms with Gasteiger partial charge in [0.1, 0.15) is 23.2 Å². The Balaban J connectivity index is 1.72. The highest BCUT2D eigenvalue weighted by atomic mass is 19.2. The molecular formula is C24H5BF12O3. The summed E-state index contributed by atoms with van der Waals surface area (Å²) in [5.41, 5.74) is 0. The molecule has 0 amide bonds. The zero-order chi connectivity index (χ0) is 29.4. The molecule has 0 atom stereocenters. The Bertz CT molecular complexity index is 1910. The Morgan fingerprint density at radius 2 is 0.900 bits per heavy atom. The third-order valence-corrected chi connectivity index (χ3v) is 5.85. The van der Waals surface area contributed by atoms with E-state index in [0.717, 1.165) is 12.1 Å². The molecule has 0 fully saturated rings. The SMILES string of the molecule is OB(Oc1ccc(F)c2c(F)c(F)ccc12)Oc1c(F)c(F)c(F)c2c(F)c3c(F)c(F)c(F)c(F)c3c(F)c12. The highest BCUT2D eigenvalue weighted by Gasteiger charge is 2.36. The van der Waals surface area contributed by atoms with Crippen molar-refractivity contribution in [2.75, 3.05) is 0 Å². The molecule has 0 unspecified atom stereocenters. The molecule has 5 aromatic carbocycles. The van der Waals surface area contributed by atoms with Crippen LogP contribution in [-0.4, -0.2) is 12.3 Å². The molecule has 206 valence electrons. The molecule has 0 aliphatic rings. The quantitative estimate of drug-likeness (QED) is 0.0801. The average molecular weight is 580 g/mol. The maximum atomic E-state index is 15.3. The van der Waals surface area contributed by atoms with E-state index in [9.17, 15) is 48.9 Å². The van der Waals surface area contributed by atoms with Crippen molar-refractivity contribution in [1.82, 2.24) is 0 Å². The van der Waals surface area contributed by atoms with Crippen LogP contribution in [0.5, 0.6) is 11.5 Å². The summed E-state index contributed by atoms with van der Waals surface area (Å²) < 4.78 is 181. The smallest absolute Gasteiger partial charge is 0.500 e. The first-order valence-corrected chi connectivity index (χ1v) is 10.5. The monoisotopic (exact) mass is 580 g/mol. The van der Waals surface area contributed by atoms with Gasteiger partial charge in [0.25, 0.3) is 0 Å². The third-order valence-electron chi connectivity index (χ3n) is 5.85. The van der Waals surface area contributed by atoms with Gasteiger partial charge in [-0.2, -0.15) is 4.39 Å². The van der Waals surface area contributed by atoms with E-state index in [0.29, 0.717) is 12.1 Å². The third kappa shape index (κ3) is 3.77. The van der Waals surface area contributed by atoms with Crippen molar-refractivity contribution in [2.24, 2.45) is 0 Å². The summed E-state index contributed by atoms with van der Waals surface area (Å²) in [6, 6.07) is 2.56. The fraction of sp³-hybridized carbons (Fsp3) is 0. The Hall–Kier alpha value is -4.34. The standard InChI is InChI=1S/C24H5BF12O3/c26-6-3-4-8(5-1-2-7(27)14(28)9(5)6)39-25(38)40-24-13-12(19(33)22(36)23(24)37)15(29)10-11(16(13)30)18(32)21(35)20(34)17(10)31/h1-4,38H. The van der Waals surface area contributed by atoms with Gasteiger partial charge < -0.3 is 14.3 Å². The molecule has 0 bridgehead atoms. The van der Waals surface area contributed by atoms with Crippen molar-refractivity contribution in [3.05, 3.63) is 94.1 Å². The molecule has 5 aromatic rings. The lowest BCUT2D eigenvalue weighted by molar-refractivity contribution is 0.290. The molecule has 1 N–H and O–H groups in total. The molecule has 0 spiro atoms. The summed E-state index contributed by atoms with van der Waals surface area (Å²) in [4.78, 5) is 0. The largest absolute Gasteiger partial charge is 0.785 e. The first kappa shape index (κ1) is 27.2. The maximum absolute atomic E-state index is 15.3. The van der Waals surface area contributed by atoms with Crippen LogP contribution in [0.3, 0.4) is 0 Å². The normalized spacial score (nSPS) is 11.6. The van der Waals surface area contributed by atoms with Crippen molar-refractivity contribution >= 4 is 39.6 Å². The van der Waals surface area contributed by atoms with Crippen LogP contribution in [0.15, 0.2) is 24.3 Å². The molecule has 0 aliphatic heterocycles. The van der Waals surface area contributed by atoms with Crippen molar-refractivity contribution in [3.63, 3.8) is 0 Å². The van der Waals surface area contributed by atoms with Gasteiger partial charge in [0.2, 0.25) is 5.82 Å². The number of halogens is 12. The van der Waals surface area contributed by atoms with Crippen LogP contribution in [0.2, 0.25) is 0 Å². The molecular weight excluding hydrogens is 575 g/mol. The van der Waals surface area contributed by atoms with Crippen LogP contribution in [0.25, 0.3) is 32.3 Å². The summed E-state index contributed by atoms with van der Waals surface area (Å²) in [7, 11) is -2.92.